The van der Waals surface area contributed by atoms with Crippen LogP contribution in [-0.4, -0.2) is 11.5 Å². The first-order valence-corrected chi connectivity index (χ1v) is 9.52. The van der Waals surface area contributed by atoms with E-state index in [1.165, 1.54) is 49.8 Å². The number of unbranched alkanes of at least 4 members (excludes halogenated alkanes) is 7. The zero-order chi connectivity index (χ0) is 15.3. The van der Waals surface area contributed by atoms with Gasteiger partial charge < -0.3 is 0 Å². The summed E-state index contributed by atoms with van der Waals surface area (Å²) >= 11 is 1.82. The number of carbonyl (C=O) groups is 1. The third-order valence-corrected chi connectivity index (χ3v) is 4.64. The maximum Gasteiger partial charge on any atom is 0.162 e. The van der Waals surface area contributed by atoms with Crippen LogP contribution in [0.4, 0.5) is 0 Å². The van der Waals surface area contributed by atoms with Crippen molar-refractivity contribution in [1.82, 2.24) is 0 Å². The van der Waals surface area contributed by atoms with E-state index in [-0.39, 0.29) is 0 Å². The first-order valence-electron chi connectivity index (χ1n) is 8.54. The molecule has 0 amide bonds. The first kappa shape index (κ1) is 18.3. The van der Waals surface area contributed by atoms with Crippen molar-refractivity contribution in [1.29, 1.82) is 0 Å². The summed E-state index contributed by atoms with van der Waals surface area (Å²) in [7, 11) is 0. The first-order chi connectivity index (χ1) is 10.3. The van der Waals surface area contributed by atoms with E-state index in [1.54, 1.807) is 0 Å². The molecule has 0 spiro atoms. The van der Waals surface area contributed by atoms with Gasteiger partial charge in [0.05, 0.1) is 0 Å². The van der Waals surface area contributed by atoms with Crippen molar-refractivity contribution in [2.75, 3.05) is 5.75 Å². The average Bonchev–Trinajstić information content (AvgIpc) is 2.51. The summed E-state index contributed by atoms with van der Waals surface area (Å²) in [4.78, 5) is 13.3. The second-order valence-electron chi connectivity index (χ2n) is 5.61. The standard InChI is InChI=1S/C19H30OS/c1-3-5-6-7-8-9-10-11-12-19(20)17-13-15-18(16-14-17)21-4-2/h13-16H,3-12H2,1-2H3. The number of hydrogen-bond donors (Lipinski definition) is 0. The Hall–Kier alpha value is -0.760. The lowest BCUT2D eigenvalue weighted by Crippen LogP contribution is -1.98. The summed E-state index contributed by atoms with van der Waals surface area (Å²) in [6.07, 6.45) is 11.0. The van der Waals surface area contributed by atoms with Crippen LogP contribution in [0.2, 0.25) is 0 Å². The van der Waals surface area contributed by atoms with Crippen LogP contribution in [0, 0.1) is 0 Å². The molecule has 0 bridgehead atoms. The summed E-state index contributed by atoms with van der Waals surface area (Å²) < 4.78 is 0. The number of carbonyl (C=O) groups excluding carboxylic acids is 1. The van der Waals surface area contributed by atoms with E-state index in [2.05, 4.69) is 26.0 Å². The van der Waals surface area contributed by atoms with Crippen LogP contribution in [0.5, 0.6) is 0 Å². The topological polar surface area (TPSA) is 17.1 Å². The maximum atomic E-state index is 12.1. The molecule has 0 fully saturated rings. The molecule has 1 aromatic carbocycles. The van der Waals surface area contributed by atoms with Gasteiger partial charge in [0, 0.05) is 16.9 Å². The third-order valence-electron chi connectivity index (χ3n) is 3.74. The highest BCUT2D eigenvalue weighted by Crippen LogP contribution is 2.19. The second kappa shape index (κ2) is 11.9. The van der Waals surface area contributed by atoms with E-state index in [4.69, 9.17) is 0 Å². The molecule has 118 valence electrons. The highest BCUT2D eigenvalue weighted by Gasteiger charge is 2.05. The van der Waals surface area contributed by atoms with Crippen molar-refractivity contribution in [2.45, 2.75) is 76.5 Å². The lowest BCUT2D eigenvalue weighted by molar-refractivity contribution is 0.0979. The summed E-state index contributed by atoms with van der Waals surface area (Å²) in [6, 6.07) is 8.08. The Bertz CT molecular complexity index is 383. The highest BCUT2D eigenvalue weighted by molar-refractivity contribution is 7.99. The molecule has 0 saturated heterocycles. The van der Waals surface area contributed by atoms with Crippen molar-refractivity contribution in [2.24, 2.45) is 0 Å². The fraction of sp³-hybridized carbons (Fsp3) is 0.632. The molecule has 0 N–H and O–H groups in total. The quantitative estimate of drug-likeness (QED) is 0.249. The molecule has 0 aliphatic carbocycles. The molecular weight excluding hydrogens is 276 g/mol. The highest BCUT2D eigenvalue weighted by atomic mass is 32.2. The van der Waals surface area contributed by atoms with Crippen molar-refractivity contribution < 1.29 is 4.79 Å². The molecule has 0 radical (unpaired) electrons. The Balaban J connectivity index is 2.13. The van der Waals surface area contributed by atoms with Crippen LogP contribution in [-0.2, 0) is 0 Å². The normalized spacial score (nSPS) is 10.8. The molecule has 0 unspecified atom stereocenters. The fourth-order valence-electron chi connectivity index (χ4n) is 2.47. The molecule has 0 saturated carbocycles. The van der Waals surface area contributed by atoms with Gasteiger partial charge in [-0.3, -0.25) is 4.79 Å². The lowest BCUT2D eigenvalue weighted by atomic mass is 10.0. The van der Waals surface area contributed by atoms with Gasteiger partial charge in [0.2, 0.25) is 0 Å². The van der Waals surface area contributed by atoms with Crippen LogP contribution in [0.15, 0.2) is 29.2 Å². The number of Topliss-reactive ketones (excluding diaryl/α,β-unsaturated/α-hetero) is 1. The molecule has 0 aliphatic heterocycles. The zero-order valence-electron chi connectivity index (χ0n) is 13.7. The van der Waals surface area contributed by atoms with Gasteiger partial charge in [0.1, 0.15) is 0 Å². The molecule has 0 aliphatic rings. The maximum absolute atomic E-state index is 12.1. The van der Waals surface area contributed by atoms with E-state index in [9.17, 15) is 4.79 Å². The summed E-state index contributed by atoms with van der Waals surface area (Å²) in [5.74, 6) is 1.37. The van der Waals surface area contributed by atoms with Crippen molar-refractivity contribution >= 4 is 17.5 Å². The lowest BCUT2D eigenvalue weighted by Gasteiger charge is -2.04. The number of benzene rings is 1. The van der Waals surface area contributed by atoms with E-state index < -0.39 is 0 Å². The molecular formula is C19H30OS. The number of ketones is 1. The van der Waals surface area contributed by atoms with Crippen LogP contribution >= 0.6 is 11.8 Å². The molecule has 1 aromatic rings. The van der Waals surface area contributed by atoms with E-state index in [1.807, 2.05) is 23.9 Å². The minimum atomic E-state index is 0.300. The molecule has 0 atom stereocenters. The smallest absolute Gasteiger partial charge is 0.162 e. The van der Waals surface area contributed by atoms with E-state index >= 15 is 0 Å². The van der Waals surface area contributed by atoms with Gasteiger partial charge in [0.25, 0.3) is 0 Å². The molecule has 2 heteroatoms. The fourth-order valence-corrected chi connectivity index (χ4v) is 3.13. The molecule has 21 heavy (non-hydrogen) atoms. The SMILES string of the molecule is CCCCCCCCCCC(=O)c1ccc(SCC)cc1. The Morgan fingerprint density at radius 1 is 0.857 bits per heavy atom. The molecule has 0 heterocycles. The summed E-state index contributed by atoms with van der Waals surface area (Å²) in [5.41, 5.74) is 0.874. The van der Waals surface area contributed by atoms with Crippen LogP contribution in [0.1, 0.15) is 82.0 Å². The molecule has 0 aromatic heterocycles. The van der Waals surface area contributed by atoms with Crippen molar-refractivity contribution in [3.8, 4) is 0 Å². The predicted octanol–water partition coefficient (Wildman–Crippen LogP) is 6.51. The largest absolute Gasteiger partial charge is 0.294 e. The van der Waals surface area contributed by atoms with Gasteiger partial charge in [0.15, 0.2) is 5.78 Å². The number of thioether (sulfide) groups is 1. The number of hydrogen-bond acceptors (Lipinski definition) is 2. The third kappa shape index (κ3) is 8.31. The number of rotatable bonds is 12. The Labute approximate surface area is 134 Å². The van der Waals surface area contributed by atoms with Gasteiger partial charge >= 0.3 is 0 Å². The molecule has 1 nitrogen and oxygen atoms in total. The minimum Gasteiger partial charge on any atom is -0.294 e. The van der Waals surface area contributed by atoms with E-state index in [0.717, 1.165) is 17.7 Å². The monoisotopic (exact) mass is 306 g/mol. The van der Waals surface area contributed by atoms with E-state index in [0.29, 0.717) is 12.2 Å². The van der Waals surface area contributed by atoms with Crippen molar-refractivity contribution in [3.63, 3.8) is 0 Å². The predicted molar refractivity (Wildman–Crippen MR) is 94.4 cm³/mol. The van der Waals surface area contributed by atoms with Crippen LogP contribution < -0.4 is 0 Å². The summed E-state index contributed by atoms with van der Waals surface area (Å²) in [6.45, 7) is 4.39. The van der Waals surface area contributed by atoms with Gasteiger partial charge in [-0.25, -0.2) is 0 Å². The van der Waals surface area contributed by atoms with Gasteiger partial charge in [-0.05, 0) is 24.3 Å². The van der Waals surface area contributed by atoms with Gasteiger partial charge in [-0.15, -0.1) is 11.8 Å². The van der Waals surface area contributed by atoms with Gasteiger partial charge in [-0.1, -0.05) is 70.9 Å². The Morgan fingerprint density at radius 3 is 2.00 bits per heavy atom. The van der Waals surface area contributed by atoms with Crippen LogP contribution in [0.25, 0.3) is 0 Å². The average molecular weight is 307 g/mol. The van der Waals surface area contributed by atoms with Crippen LogP contribution in [0.3, 0.4) is 0 Å². The zero-order valence-corrected chi connectivity index (χ0v) is 14.5. The van der Waals surface area contributed by atoms with Crippen molar-refractivity contribution in [3.05, 3.63) is 29.8 Å². The minimum absolute atomic E-state index is 0.300. The van der Waals surface area contributed by atoms with Gasteiger partial charge in [-0.2, -0.15) is 0 Å². The Kier molecular flexibility index (Phi) is 10.3. The Morgan fingerprint density at radius 2 is 1.43 bits per heavy atom. The summed E-state index contributed by atoms with van der Waals surface area (Å²) in [5, 5.41) is 0. The second-order valence-corrected chi connectivity index (χ2v) is 6.94. The molecule has 1 rings (SSSR count).